The van der Waals surface area contributed by atoms with E-state index in [2.05, 4.69) is 24.0 Å². The molecule has 2 heterocycles. The third-order valence-corrected chi connectivity index (χ3v) is 2.07. The van der Waals surface area contributed by atoms with Crippen molar-refractivity contribution in [1.82, 2.24) is 15.1 Å². The first-order valence-corrected chi connectivity index (χ1v) is 5.08. The van der Waals surface area contributed by atoms with Crippen molar-refractivity contribution in [2.75, 3.05) is 0 Å². The predicted octanol–water partition coefficient (Wildman–Crippen LogP) is 2.18. The fraction of sp³-hybridized carbons (Fsp3) is 0.125. The van der Waals surface area contributed by atoms with Gasteiger partial charge in [0.2, 0.25) is 17.3 Å². The molecule has 0 radical (unpaired) electrons. The van der Waals surface area contributed by atoms with Gasteiger partial charge >= 0.3 is 12.1 Å². The lowest BCUT2D eigenvalue weighted by Crippen LogP contribution is -2.04. The molecule has 2 aromatic heterocycles. The number of aromatic nitrogens is 3. The van der Waals surface area contributed by atoms with E-state index in [1.807, 2.05) is 0 Å². The van der Waals surface area contributed by atoms with Crippen LogP contribution in [-0.2, 0) is 17.6 Å². The Morgan fingerprint density at radius 1 is 1.33 bits per heavy atom. The van der Waals surface area contributed by atoms with Crippen molar-refractivity contribution in [1.29, 1.82) is 0 Å². The molecule has 0 unspecified atom stereocenters. The molecule has 0 amide bonds. The van der Waals surface area contributed by atoms with Crippen LogP contribution < -0.4 is 0 Å². The normalized spacial score (nSPS) is 11.3. The summed E-state index contributed by atoms with van der Waals surface area (Å²) in [6, 6.07) is 2.73. The molecule has 0 saturated heterocycles. The molecule has 0 aromatic carbocycles. The average molecular weight is 276 g/mol. The summed E-state index contributed by atoms with van der Waals surface area (Å²) in [7, 11) is 0. The van der Waals surface area contributed by atoms with Gasteiger partial charge < -0.3 is 4.52 Å². The highest BCUT2D eigenvalue weighted by molar-refractivity contribution is 7.54. The largest absolute Gasteiger partial charge is 0.471 e. The summed E-state index contributed by atoms with van der Waals surface area (Å²) in [6.07, 6.45) is -3.48. The Balaban J connectivity index is 2.32. The van der Waals surface area contributed by atoms with E-state index in [9.17, 15) is 17.4 Å². The molecule has 0 spiro atoms. The molecule has 94 valence electrons. The van der Waals surface area contributed by atoms with E-state index < -0.39 is 12.1 Å². The van der Waals surface area contributed by atoms with E-state index in [-0.39, 0.29) is 23.0 Å². The molecule has 0 aliphatic carbocycles. The Hall–Kier alpha value is -2.10. The van der Waals surface area contributed by atoms with Gasteiger partial charge in [0.15, 0.2) is 0 Å². The minimum atomic E-state index is -4.69. The fourth-order valence-corrected chi connectivity index (χ4v) is 1.25. The first-order chi connectivity index (χ1) is 8.50. The molecule has 6 nitrogen and oxygen atoms in total. The molecule has 2 rings (SSSR count). The summed E-state index contributed by atoms with van der Waals surface area (Å²) in [6.45, 7) is 0. The second-order valence-electron chi connectivity index (χ2n) is 2.99. The Bertz CT molecular complexity index is 604. The highest BCUT2D eigenvalue weighted by Crippen LogP contribution is 2.29. The molecule has 18 heavy (non-hydrogen) atoms. The zero-order valence-electron chi connectivity index (χ0n) is 8.38. The van der Waals surface area contributed by atoms with E-state index in [0.29, 0.717) is 5.69 Å². The van der Waals surface area contributed by atoms with Crippen molar-refractivity contribution in [3.05, 3.63) is 24.2 Å². The predicted molar refractivity (Wildman–Crippen MR) is 52.8 cm³/mol. The van der Waals surface area contributed by atoms with Gasteiger partial charge in [0.25, 0.3) is 0 Å². The topological polar surface area (TPSA) is 81.2 Å². The van der Waals surface area contributed by atoms with Crippen molar-refractivity contribution in [3.63, 3.8) is 0 Å². The smallest absolute Gasteiger partial charge is 0.329 e. The first-order valence-electron chi connectivity index (χ1n) is 4.38. The van der Waals surface area contributed by atoms with Crippen molar-refractivity contribution < 1.29 is 21.9 Å². The van der Waals surface area contributed by atoms with E-state index in [4.69, 9.17) is 0 Å². The van der Waals surface area contributed by atoms with Crippen LogP contribution in [0, 0.1) is 0 Å². The van der Waals surface area contributed by atoms with Crippen LogP contribution in [0.15, 0.2) is 27.2 Å². The average Bonchev–Trinajstić information content (AvgIpc) is 2.79. The maximum atomic E-state index is 12.2. The lowest BCUT2D eigenvalue weighted by atomic mass is 10.3. The Labute approximate surface area is 101 Å². The van der Waals surface area contributed by atoms with Gasteiger partial charge in [-0.05, 0) is 12.1 Å². The molecule has 2 aromatic rings. The number of nitrogens with zero attached hydrogens (tertiary/aromatic N) is 4. The highest BCUT2D eigenvalue weighted by atomic mass is 32.1. The summed E-state index contributed by atoms with van der Waals surface area (Å²) in [5.41, 5.74) is 0.377. The van der Waals surface area contributed by atoms with Gasteiger partial charge in [0, 0.05) is 0 Å². The van der Waals surface area contributed by atoms with Crippen molar-refractivity contribution in [2.45, 2.75) is 6.18 Å². The Morgan fingerprint density at radius 2 is 2.11 bits per heavy atom. The molecular weight excluding hydrogens is 273 g/mol. The number of pyridine rings is 1. The minimum Gasteiger partial charge on any atom is -0.329 e. The van der Waals surface area contributed by atoms with E-state index >= 15 is 0 Å². The third-order valence-electron chi connectivity index (χ3n) is 1.79. The lowest BCUT2D eigenvalue weighted by molar-refractivity contribution is -0.159. The number of hydrogen-bond acceptors (Lipinski definition) is 6. The Morgan fingerprint density at radius 3 is 2.61 bits per heavy atom. The standard InChI is InChI=1S/C8H3F3N4O2S/c9-8(10,11)7-13-6(14-17-7)5-2-1-4(3-12-5)15-18-16/h1-3H. The molecular formula is C8H3F3N4O2S. The van der Waals surface area contributed by atoms with Gasteiger partial charge in [-0.3, -0.25) is 4.98 Å². The first kappa shape index (κ1) is 12.4. The number of alkyl halides is 3. The summed E-state index contributed by atoms with van der Waals surface area (Å²) >= 11 is 0.000347. The van der Waals surface area contributed by atoms with Gasteiger partial charge in [0.1, 0.15) is 5.69 Å². The van der Waals surface area contributed by atoms with Crippen LogP contribution in [0.2, 0.25) is 0 Å². The van der Waals surface area contributed by atoms with E-state index in [1.54, 1.807) is 0 Å². The molecule has 0 saturated carbocycles. The second kappa shape index (κ2) is 4.64. The highest BCUT2D eigenvalue weighted by Gasteiger charge is 2.38. The Kier molecular flexibility index (Phi) is 3.19. The van der Waals surface area contributed by atoms with Crippen LogP contribution in [0.25, 0.3) is 11.5 Å². The monoisotopic (exact) mass is 276 g/mol. The maximum absolute atomic E-state index is 12.2. The lowest BCUT2D eigenvalue weighted by Gasteiger charge is -1.96. The maximum Gasteiger partial charge on any atom is 0.471 e. The van der Waals surface area contributed by atoms with Crippen molar-refractivity contribution >= 4 is 17.2 Å². The molecule has 0 atom stereocenters. The molecule has 0 N–H and O–H groups in total. The van der Waals surface area contributed by atoms with Gasteiger partial charge in [-0.2, -0.15) is 26.7 Å². The van der Waals surface area contributed by atoms with Gasteiger partial charge in [0.05, 0.1) is 11.9 Å². The molecule has 0 aliphatic heterocycles. The molecule has 10 heteroatoms. The third kappa shape index (κ3) is 2.59. The van der Waals surface area contributed by atoms with Crippen LogP contribution in [0.5, 0.6) is 0 Å². The fourth-order valence-electron chi connectivity index (χ4n) is 1.06. The number of hydrogen-bond donors (Lipinski definition) is 0. The summed E-state index contributed by atoms with van der Waals surface area (Å²) in [4.78, 5) is 6.93. The van der Waals surface area contributed by atoms with Crippen LogP contribution in [0.3, 0.4) is 0 Å². The number of rotatable bonds is 2. The molecule has 0 bridgehead atoms. The zero-order chi connectivity index (χ0) is 13.2. The van der Waals surface area contributed by atoms with E-state index in [1.165, 1.54) is 18.3 Å². The summed E-state index contributed by atoms with van der Waals surface area (Å²) < 4.78 is 54.3. The SMILES string of the molecule is O=S=Nc1ccc(-c2noc(C(F)(F)F)n2)nc1. The van der Waals surface area contributed by atoms with Crippen LogP contribution in [0.1, 0.15) is 5.89 Å². The minimum absolute atomic E-state index is 0.000347. The molecule has 0 aliphatic rings. The van der Waals surface area contributed by atoms with Crippen molar-refractivity contribution in [2.24, 2.45) is 4.36 Å². The second-order valence-corrected chi connectivity index (χ2v) is 3.32. The van der Waals surface area contributed by atoms with Crippen LogP contribution in [0.4, 0.5) is 18.9 Å². The summed E-state index contributed by atoms with van der Waals surface area (Å²) in [5, 5.41) is 3.16. The van der Waals surface area contributed by atoms with Crippen molar-refractivity contribution in [3.8, 4) is 11.5 Å². The van der Waals surface area contributed by atoms with Gasteiger partial charge in [-0.25, -0.2) is 0 Å². The van der Waals surface area contributed by atoms with Gasteiger partial charge in [-0.15, -0.1) is 0 Å². The molecule has 0 fully saturated rings. The zero-order valence-corrected chi connectivity index (χ0v) is 9.20. The van der Waals surface area contributed by atoms with E-state index in [0.717, 1.165) is 0 Å². The van der Waals surface area contributed by atoms with Crippen LogP contribution >= 0.6 is 0 Å². The van der Waals surface area contributed by atoms with Gasteiger partial charge in [-0.1, -0.05) is 5.16 Å². The quantitative estimate of drug-likeness (QED) is 0.839. The van der Waals surface area contributed by atoms with Crippen LogP contribution in [-0.4, -0.2) is 19.3 Å². The summed E-state index contributed by atoms with van der Waals surface area (Å²) in [5.74, 6) is -1.73. The number of halogens is 3.